The zero-order chi connectivity index (χ0) is 24.6. The fraction of sp³-hybridized carbons (Fsp3) is 0.0968. The maximum absolute atomic E-state index is 13.7. The molecule has 0 bridgehead atoms. The first-order valence-corrected chi connectivity index (χ1v) is 12.3. The first kappa shape index (κ1) is 22.4. The number of halogens is 2. The molecule has 36 heavy (non-hydrogen) atoms. The fourth-order valence-electron chi connectivity index (χ4n) is 5.04. The number of fused-ring (bicyclic) bond motifs is 1. The van der Waals surface area contributed by atoms with Crippen LogP contribution in [-0.4, -0.2) is 10.7 Å². The van der Waals surface area contributed by atoms with Crippen LogP contribution in [-0.2, 0) is 0 Å². The Morgan fingerprint density at radius 3 is 2.25 bits per heavy atom. The van der Waals surface area contributed by atoms with Crippen LogP contribution in [0.5, 0.6) is 0 Å². The molecule has 0 fully saturated rings. The average molecular weight is 492 g/mol. The van der Waals surface area contributed by atoms with Crippen molar-refractivity contribution in [1.29, 1.82) is 0 Å². The van der Waals surface area contributed by atoms with Gasteiger partial charge in [0, 0.05) is 33.7 Å². The van der Waals surface area contributed by atoms with Crippen molar-refractivity contribution in [3.63, 3.8) is 0 Å². The van der Waals surface area contributed by atoms with E-state index in [0.29, 0.717) is 11.4 Å². The Bertz CT molecular complexity index is 1580. The van der Waals surface area contributed by atoms with Crippen molar-refractivity contribution in [2.24, 2.45) is 5.10 Å². The van der Waals surface area contributed by atoms with Gasteiger partial charge in [0.2, 0.25) is 0 Å². The van der Waals surface area contributed by atoms with E-state index < -0.39 is 0 Å². The number of aryl methyl sites for hydroxylation is 1. The molecular formula is C31H23ClFN3. The summed E-state index contributed by atoms with van der Waals surface area (Å²) in [6.07, 6.45) is 0.662. The summed E-state index contributed by atoms with van der Waals surface area (Å²) in [6.45, 7) is 2.04. The first-order chi connectivity index (χ1) is 17.6. The highest BCUT2D eigenvalue weighted by Crippen LogP contribution is 2.41. The molecule has 1 atom stereocenters. The van der Waals surface area contributed by atoms with Gasteiger partial charge in [-0.25, -0.2) is 4.39 Å². The molecule has 1 aliphatic heterocycles. The van der Waals surface area contributed by atoms with Crippen LogP contribution in [0.15, 0.2) is 108 Å². The Balaban J connectivity index is 1.58. The maximum atomic E-state index is 13.7. The Hall–Kier alpha value is -4.02. The fourth-order valence-corrected chi connectivity index (χ4v) is 5.21. The Morgan fingerprint density at radius 2 is 1.53 bits per heavy atom. The predicted molar refractivity (Wildman–Crippen MR) is 146 cm³/mol. The molecule has 0 amide bonds. The van der Waals surface area contributed by atoms with Crippen molar-refractivity contribution in [2.45, 2.75) is 19.4 Å². The molecule has 0 saturated heterocycles. The summed E-state index contributed by atoms with van der Waals surface area (Å²) in [5, 5.41) is 8.87. The van der Waals surface area contributed by atoms with E-state index in [-0.39, 0.29) is 11.9 Å². The van der Waals surface area contributed by atoms with Crippen molar-refractivity contribution in [3.8, 4) is 11.1 Å². The highest BCUT2D eigenvalue weighted by Gasteiger charge is 2.32. The molecule has 1 unspecified atom stereocenters. The lowest BCUT2D eigenvalue weighted by atomic mass is 9.89. The Kier molecular flexibility index (Phi) is 5.74. The number of anilines is 1. The van der Waals surface area contributed by atoms with Crippen molar-refractivity contribution in [2.75, 3.05) is 5.01 Å². The first-order valence-electron chi connectivity index (χ1n) is 11.9. The smallest absolute Gasteiger partial charge is 0.123 e. The van der Waals surface area contributed by atoms with Gasteiger partial charge in [0.25, 0.3) is 0 Å². The zero-order valence-corrected chi connectivity index (χ0v) is 20.5. The lowest BCUT2D eigenvalue weighted by Crippen LogP contribution is -2.18. The highest BCUT2D eigenvalue weighted by molar-refractivity contribution is 6.31. The summed E-state index contributed by atoms with van der Waals surface area (Å²) in [5.41, 5.74) is 7.92. The summed E-state index contributed by atoms with van der Waals surface area (Å²) in [7, 11) is 0. The van der Waals surface area contributed by atoms with Crippen LogP contribution in [0, 0.1) is 12.7 Å². The number of hydrogen-bond donors (Lipinski definition) is 0. The Labute approximate surface area is 214 Å². The van der Waals surface area contributed by atoms with Crippen LogP contribution < -0.4 is 5.01 Å². The van der Waals surface area contributed by atoms with Crippen molar-refractivity contribution in [1.82, 2.24) is 4.98 Å². The van der Waals surface area contributed by atoms with Gasteiger partial charge in [-0.1, -0.05) is 72.3 Å². The van der Waals surface area contributed by atoms with E-state index in [1.54, 1.807) is 0 Å². The van der Waals surface area contributed by atoms with E-state index in [1.807, 2.05) is 90.8 Å². The quantitative estimate of drug-likeness (QED) is 0.252. The minimum absolute atomic E-state index is 0.0684. The molecule has 0 N–H and O–H groups in total. The zero-order valence-electron chi connectivity index (χ0n) is 19.7. The third-order valence-corrected chi connectivity index (χ3v) is 6.90. The molecule has 4 aromatic carbocycles. The number of hydrazone groups is 1. The molecular weight excluding hydrogens is 469 g/mol. The van der Waals surface area contributed by atoms with E-state index in [4.69, 9.17) is 21.7 Å². The maximum Gasteiger partial charge on any atom is 0.123 e. The van der Waals surface area contributed by atoms with Gasteiger partial charge >= 0.3 is 0 Å². The van der Waals surface area contributed by atoms with Gasteiger partial charge in [-0.2, -0.15) is 5.10 Å². The van der Waals surface area contributed by atoms with E-state index in [2.05, 4.69) is 12.1 Å². The summed E-state index contributed by atoms with van der Waals surface area (Å²) in [6, 6.07) is 32.9. The van der Waals surface area contributed by atoms with Crippen molar-refractivity contribution >= 4 is 33.9 Å². The van der Waals surface area contributed by atoms with Gasteiger partial charge in [-0.3, -0.25) is 9.99 Å². The highest BCUT2D eigenvalue weighted by atomic mass is 35.5. The summed E-state index contributed by atoms with van der Waals surface area (Å²) < 4.78 is 13.7. The molecule has 1 aromatic heterocycles. The normalized spacial score (nSPS) is 15.4. The Morgan fingerprint density at radius 1 is 0.833 bits per heavy atom. The molecule has 1 aliphatic rings. The molecule has 5 heteroatoms. The van der Waals surface area contributed by atoms with Gasteiger partial charge in [0.15, 0.2) is 0 Å². The van der Waals surface area contributed by atoms with Crippen LogP contribution >= 0.6 is 11.6 Å². The van der Waals surface area contributed by atoms with Crippen LogP contribution in [0.2, 0.25) is 5.02 Å². The number of hydrogen-bond acceptors (Lipinski definition) is 3. The number of pyridine rings is 1. The van der Waals surface area contributed by atoms with E-state index in [0.717, 1.165) is 50.2 Å². The molecule has 0 spiro atoms. The molecule has 5 aromatic rings. The molecule has 0 saturated carbocycles. The van der Waals surface area contributed by atoms with Crippen LogP contribution in [0.1, 0.15) is 29.3 Å². The summed E-state index contributed by atoms with van der Waals surface area (Å²) >= 11 is 6.45. The van der Waals surface area contributed by atoms with Gasteiger partial charge in [0.1, 0.15) is 5.82 Å². The third kappa shape index (κ3) is 4.04. The standard InChI is InChI=1S/C31H23ClFN3/c1-20-30(31(22-8-4-2-5-9-22)26-18-23(32)14-17-27(26)34-20)28-19-29(21-12-15-24(33)16-13-21)36(35-28)25-10-6-3-7-11-25/h2-18,29H,19H2,1H3. The molecule has 176 valence electrons. The second-order valence-electron chi connectivity index (χ2n) is 8.97. The second kappa shape index (κ2) is 9.21. The summed E-state index contributed by atoms with van der Waals surface area (Å²) in [5.74, 6) is -0.248. The van der Waals surface area contributed by atoms with Crippen LogP contribution in [0.3, 0.4) is 0 Å². The van der Waals surface area contributed by atoms with Gasteiger partial charge in [-0.15, -0.1) is 0 Å². The number of aromatic nitrogens is 1. The topological polar surface area (TPSA) is 28.5 Å². The van der Waals surface area contributed by atoms with Crippen molar-refractivity contribution in [3.05, 3.63) is 131 Å². The van der Waals surface area contributed by atoms with Crippen molar-refractivity contribution < 1.29 is 4.39 Å². The lowest BCUT2D eigenvalue weighted by Gasteiger charge is -2.24. The van der Waals surface area contributed by atoms with Crippen LogP contribution in [0.4, 0.5) is 10.1 Å². The minimum Gasteiger partial charge on any atom is -0.257 e. The largest absolute Gasteiger partial charge is 0.257 e. The van der Waals surface area contributed by atoms with Gasteiger partial charge in [-0.05, 0) is 60.5 Å². The molecule has 0 radical (unpaired) electrons. The number of rotatable bonds is 4. The molecule has 2 heterocycles. The third-order valence-electron chi connectivity index (χ3n) is 6.66. The lowest BCUT2D eigenvalue weighted by molar-refractivity contribution is 0.624. The van der Waals surface area contributed by atoms with Gasteiger partial charge < -0.3 is 0 Å². The van der Waals surface area contributed by atoms with E-state index in [9.17, 15) is 4.39 Å². The monoisotopic (exact) mass is 491 g/mol. The van der Waals surface area contributed by atoms with E-state index >= 15 is 0 Å². The second-order valence-corrected chi connectivity index (χ2v) is 9.41. The predicted octanol–water partition coefficient (Wildman–Crippen LogP) is 8.36. The van der Waals surface area contributed by atoms with Crippen LogP contribution in [0.25, 0.3) is 22.0 Å². The SMILES string of the molecule is Cc1nc2ccc(Cl)cc2c(-c2ccccc2)c1C1=NN(c2ccccc2)C(c2ccc(F)cc2)C1. The minimum atomic E-state index is -0.248. The van der Waals surface area contributed by atoms with Gasteiger partial charge in [0.05, 0.1) is 23.0 Å². The average Bonchev–Trinajstić information content (AvgIpc) is 3.34. The number of benzene rings is 4. The number of para-hydroxylation sites is 1. The van der Waals surface area contributed by atoms with E-state index in [1.165, 1.54) is 12.1 Å². The molecule has 0 aliphatic carbocycles. The molecule has 6 rings (SSSR count). The molecule has 3 nitrogen and oxygen atoms in total. The number of nitrogens with zero attached hydrogens (tertiary/aromatic N) is 3. The summed E-state index contributed by atoms with van der Waals surface area (Å²) in [4.78, 5) is 4.95.